The molecule has 0 radical (unpaired) electrons. The van der Waals surface area contributed by atoms with Crippen molar-refractivity contribution >= 4 is 37.4 Å². The molecule has 3 aromatic rings. The second kappa shape index (κ2) is 5.98. The lowest BCUT2D eigenvalue weighted by atomic mass is 10.1. The first-order chi connectivity index (χ1) is 9.76. The Morgan fingerprint density at radius 1 is 1.10 bits per heavy atom. The van der Waals surface area contributed by atoms with Gasteiger partial charge in [0, 0.05) is 9.58 Å². The van der Waals surface area contributed by atoms with Crippen LogP contribution < -0.4 is 4.74 Å². The van der Waals surface area contributed by atoms with Crippen LogP contribution in [0.15, 0.2) is 54.6 Å². The van der Waals surface area contributed by atoms with Gasteiger partial charge in [0.05, 0.1) is 11.9 Å². The first-order valence-corrected chi connectivity index (χ1v) is 8.25. The van der Waals surface area contributed by atoms with Gasteiger partial charge < -0.3 is 4.74 Å². The van der Waals surface area contributed by atoms with E-state index in [-0.39, 0.29) is 0 Å². The molecule has 1 atom stereocenters. The number of fused-ring (bicyclic) bond motifs is 1. The van der Waals surface area contributed by atoms with Gasteiger partial charge in [-0.15, -0.1) is 11.3 Å². The molecule has 1 nitrogen and oxygen atoms in total. The Bertz CT molecular complexity index is 669. The second-order valence-corrected chi connectivity index (χ2v) is 6.93. The molecule has 0 saturated carbocycles. The van der Waals surface area contributed by atoms with Gasteiger partial charge in [-0.25, -0.2) is 0 Å². The van der Waals surface area contributed by atoms with Gasteiger partial charge >= 0.3 is 0 Å². The van der Waals surface area contributed by atoms with Crippen molar-refractivity contribution < 1.29 is 4.74 Å². The number of hydrogen-bond acceptors (Lipinski definition) is 2. The number of halogens is 1. The van der Waals surface area contributed by atoms with E-state index in [0.29, 0.717) is 4.83 Å². The largest absolute Gasteiger partial charge is 0.497 e. The van der Waals surface area contributed by atoms with E-state index in [1.54, 1.807) is 7.11 Å². The van der Waals surface area contributed by atoms with Crippen LogP contribution in [0.25, 0.3) is 10.1 Å². The van der Waals surface area contributed by atoms with Crippen LogP contribution in [0, 0.1) is 0 Å². The van der Waals surface area contributed by atoms with E-state index in [4.69, 9.17) is 4.74 Å². The van der Waals surface area contributed by atoms with Crippen molar-refractivity contribution in [2.24, 2.45) is 0 Å². The maximum absolute atomic E-state index is 5.19. The Morgan fingerprint density at radius 3 is 2.55 bits per heavy atom. The molecule has 20 heavy (non-hydrogen) atoms. The minimum absolute atomic E-state index is 0.355. The smallest absolute Gasteiger partial charge is 0.118 e. The summed E-state index contributed by atoms with van der Waals surface area (Å²) in [6.45, 7) is 0. The van der Waals surface area contributed by atoms with Crippen molar-refractivity contribution in [1.29, 1.82) is 0 Å². The van der Waals surface area contributed by atoms with E-state index < -0.39 is 0 Å². The highest BCUT2D eigenvalue weighted by Gasteiger charge is 2.12. The molecule has 102 valence electrons. The number of thiophene rings is 1. The highest BCUT2D eigenvalue weighted by Crippen LogP contribution is 2.36. The molecule has 0 fully saturated rings. The summed E-state index contributed by atoms with van der Waals surface area (Å²) in [5.74, 6) is 0.904. The molecular weight excluding hydrogens is 332 g/mol. The molecule has 0 N–H and O–H groups in total. The lowest BCUT2D eigenvalue weighted by molar-refractivity contribution is 0.414. The van der Waals surface area contributed by atoms with Crippen molar-refractivity contribution in [2.45, 2.75) is 11.2 Å². The molecule has 1 unspecified atom stereocenters. The number of hydrogen-bond donors (Lipinski definition) is 0. The van der Waals surface area contributed by atoms with E-state index in [2.05, 4.69) is 58.4 Å². The van der Waals surface area contributed by atoms with Gasteiger partial charge in [0.1, 0.15) is 5.75 Å². The van der Waals surface area contributed by atoms with Gasteiger partial charge in [-0.2, -0.15) is 0 Å². The number of rotatable bonds is 4. The first kappa shape index (κ1) is 13.7. The molecule has 1 heterocycles. The van der Waals surface area contributed by atoms with Crippen LogP contribution in [0.4, 0.5) is 0 Å². The first-order valence-electron chi connectivity index (χ1n) is 6.52. The topological polar surface area (TPSA) is 9.23 Å². The third-order valence-electron chi connectivity index (χ3n) is 3.33. The van der Waals surface area contributed by atoms with Crippen molar-refractivity contribution in [3.05, 3.63) is 65.0 Å². The summed E-state index contributed by atoms with van der Waals surface area (Å²) in [4.78, 5) is 1.73. The Balaban J connectivity index is 1.79. The monoisotopic (exact) mass is 346 g/mol. The fraction of sp³-hybridized carbons (Fsp3) is 0.176. The lowest BCUT2D eigenvalue weighted by Gasteiger charge is -2.08. The summed E-state index contributed by atoms with van der Waals surface area (Å²) in [5.41, 5.74) is 1.31. The van der Waals surface area contributed by atoms with Gasteiger partial charge in [-0.05, 0) is 41.6 Å². The third-order valence-corrected chi connectivity index (χ3v) is 5.68. The third kappa shape index (κ3) is 2.89. The molecule has 1 aromatic heterocycles. The van der Waals surface area contributed by atoms with Crippen LogP contribution in [0.1, 0.15) is 15.3 Å². The van der Waals surface area contributed by atoms with Crippen LogP contribution in [-0.2, 0) is 6.42 Å². The van der Waals surface area contributed by atoms with E-state index in [1.165, 1.54) is 20.5 Å². The van der Waals surface area contributed by atoms with Crippen LogP contribution >= 0.6 is 27.3 Å². The predicted molar refractivity (Wildman–Crippen MR) is 90.2 cm³/mol. The summed E-state index contributed by atoms with van der Waals surface area (Å²) in [6.07, 6.45) is 0.983. The molecule has 0 aliphatic rings. The van der Waals surface area contributed by atoms with Crippen molar-refractivity contribution in [3.8, 4) is 5.75 Å². The average molecular weight is 347 g/mol. The van der Waals surface area contributed by atoms with E-state index in [1.807, 2.05) is 23.5 Å². The Hall–Kier alpha value is -1.32. The maximum atomic E-state index is 5.19. The fourth-order valence-corrected chi connectivity index (χ4v) is 4.05. The zero-order valence-corrected chi connectivity index (χ0v) is 13.6. The molecule has 0 saturated heterocycles. The molecule has 0 bridgehead atoms. The fourth-order valence-electron chi connectivity index (χ4n) is 2.23. The van der Waals surface area contributed by atoms with E-state index >= 15 is 0 Å². The highest BCUT2D eigenvalue weighted by atomic mass is 79.9. The van der Waals surface area contributed by atoms with Gasteiger partial charge in [0.15, 0.2) is 0 Å². The van der Waals surface area contributed by atoms with Gasteiger partial charge in [-0.1, -0.05) is 46.3 Å². The molecule has 0 aliphatic heterocycles. The standard InChI is InChI=1S/C17H15BrOS/c1-19-14-8-6-12(7-9-14)10-15(18)17-11-13-4-2-3-5-16(13)20-17/h2-9,11,15H,10H2,1H3. The Labute approximate surface area is 131 Å². The van der Waals surface area contributed by atoms with E-state index in [0.717, 1.165) is 12.2 Å². The molecule has 2 aromatic carbocycles. The summed E-state index contributed by atoms with van der Waals surface area (Å²) < 4.78 is 6.54. The average Bonchev–Trinajstić information content (AvgIpc) is 2.92. The van der Waals surface area contributed by atoms with Gasteiger partial charge in [0.25, 0.3) is 0 Å². The molecular formula is C17H15BrOS. The molecule has 0 spiro atoms. The molecule has 3 heteroatoms. The van der Waals surface area contributed by atoms with E-state index in [9.17, 15) is 0 Å². The number of benzene rings is 2. The Morgan fingerprint density at radius 2 is 1.85 bits per heavy atom. The van der Waals surface area contributed by atoms with Crippen molar-refractivity contribution in [2.75, 3.05) is 7.11 Å². The number of methoxy groups -OCH3 is 1. The predicted octanol–water partition coefficient (Wildman–Crippen LogP) is 5.59. The number of alkyl halides is 1. The van der Waals surface area contributed by atoms with Crippen molar-refractivity contribution in [1.82, 2.24) is 0 Å². The number of ether oxygens (including phenoxy) is 1. The quantitative estimate of drug-likeness (QED) is 0.559. The minimum Gasteiger partial charge on any atom is -0.497 e. The van der Waals surface area contributed by atoms with Crippen LogP contribution in [0.3, 0.4) is 0 Å². The van der Waals surface area contributed by atoms with Gasteiger partial charge in [-0.3, -0.25) is 0 Å². The van der Waals surface area contributed by atoms with Crippen molar-refractivity contribution in [3.63, 3.8) is 0 Å². The SMILES string of the molecule is COc1ccc(CC(Br)c2cc3ccccc3s2)cc1. The highest BCUT2D eigenvalue weighted by molar-refractivity contribution is 9.09. The second-order valence-electron chi connectivity index (χ2n) is 4.71. The van der Waals surface area contributed by atoms with Gasteiger partial charge in [0.2, 0.25) is 0 Å². The van der Waals surface area contributed by atoms with Crippen LogP contribution in [-0.4, -0.2) is 7.11 Å². The summed E-state index contributed by atoms with van der Waals surface area (Å²) >= 11 is 5.68. The lowest BCUT2D eigenvalue weighted by Crippen LogP contribution is -1.93. The van der Waals surface area contributed by atoms with Crippen LogP contribution in [0.2, 0.25) is 0 Å². The molecule has 0 aliphatic carbocycles. The zero-order chi connectivity index (χ0) is 13.9. The normalized spacial score (nSPS) is 12.5. The summed E-state index contributed by atoms with van der Waals surface area (Å²) in [7, 11) is 1.69. The maximum Gasteiger partial charge on any atom is 0.118 e. The molecule has 3 rings (SSSR count). The summed E-state index contributed by atoms with van der Waals surface area (Å²) in [5, 5.41) is 1.33. The molecule has 0 amide bonds. The zero-order valence-electron chi connectivity index (χ0n) is 11.2. The Kier molecular flexibility index (Phi) is 4.08. The van der Waals surface area contributed by atoms with Crippen LogP contribution in [0.5, 0.6) is 5.75 Å². The summed E-state index contributed by atoms with van der Waals surface area (Å²) in [6, 6.07) is 19.1. The minimum atomic E-state index is 0.355.